The minimum atomic E-state index is -0.362. The van der Waals surface area contributed by atoms with Crippen LogP contribution in [0.5, 0.6) is 0 Å². The van der Waals surface area contributed by atoms with Crippen molar-refractivity contribution in [2.75, 3.05) is 44.2 Å². The molecule has 20 heavy (non-hydrogen) atoms. The minimum absolute atomic E-state index is 0.0938. The van der Waals surface area contributed by atoms with Gasteiger partial charge in [-0.05, 0) is 6.07 Å². The lowest BCUT2D eigenvalue weighted by Crippen LogP contribution is -2.63. The molecule has 2 saturated heterocycles. The molecule has 108 valence electrons. The maximum Gasteiger partial charge on any atom is 0.294 e. The second-order valence-electron chi connectivity index (χ2n) is 5.21. The van der Waals surface area contributed by atoms with Gasteiger partial charge in [-0.2, -0.15) is 0 Å². The zero-order valence-corrected chi connectivity index (χ0v) is 11.8. The van der Waals surface area contributed by atoms with E-state index in [1.807, 2.05) is 4.90 Å². The summed E-state index contributed by atoms with van der Waals surface area (Å²) in [4.78, 5) is 15.2. The lowest BCUT2D eigenvalue weighted by atomic mass is 10.0. The average Bonchev–Trinajstić information content (AvgIpc) is 2.40. The summed E-state index contributed by atoms with van der Waals surface area (Å²) in [5.74, 6) is 0. The van der Waals surface area contributed by atoms with E-state index in [0.29, 0.717) is 16.8 Å². The summed E-state index contributed by atoms with van der Waals surface area (Å²) in [6.07, 6.45) is 0. The molecule has 2 aliphatic heterocycles. The third kappa shape index (κ3) is 2.46. The number of nitro benzene ring substituents is 1. The molecular weight excluding hydrogens is 280 g/mol. The Morgan fingerprint density at radius 2 is 2.00 bits per heavy atom. The van der Waals surface area contributed by atoms with E-state index in [2.05, 4.69) is 10.2 Å². The van der Waals surface area contributed by atoms with Gasteiger partial charge in [-0.1, -0.05) is 17.7 Å². The van der Waals surface area contributed by atoms with E-state index in [9.17, 15) is 10.1 Å². The summed E-state index contributed by atoms with van der Waals surface area (Å²) in [5.41, 5.74) is 0.654. The third-order valence-corrected chi connectivity index (χ3v) is 4.31. The van der Waals surface area contributed by atoms with Crippen molar-refractivity contribution in [1.82, 2.24) is 10.2 Å². The number of nitrogens with one attached hydrogen (secondary N) is 1. The number of rotatable bonds is 3. The Kier molecular flexibility index (Phi) is 3.78. The number of hydrogen-bond donors (Lipinski definition) is 1. The second kappa shape index (κ2) is 5.55. The molecule has 0 amide bonds. The molecule has 3 rings (SSSR count). The van der Waals surface area contributed by atoms with E-state index in [1.54, 1.807) is 12.1 Å². The number of piperazine rings is 1. The highest BCUT2D eigenvalue weighted by atomic mass is 35.5. The van der Waals surface area contributed by atoms with Crippen molar-refractivity contribution < 1.29 is 4.92 Å². The van der Waals surface area contributed by atoms with Gasteiger partial charge in [-0.25, -0.2) is 0 Å². The van der Waals surface area contributed by atoms with Crippen LogP contribution in [0.4, 0.5) is 11.4 Å². The van der Waals surface area contributed by atoms with E-state index < -0.39 is 0 Å². The van der Waals surface area contributed by atoms with E-state index in [4.69, 9.17) is 11.6 Å². The molecule has 1 aromatic rings. The fourth-order valence-corrected chi connectivity index (χ4v) is 3.17. The van der Waals surface area contributed by atoms with Crippen LogP contribution in [-0.2, 0) is 0 Å². The van der Waals surface area contributed by atoms with Gasteiger partial charge in [0.1, 0.15) is 5.69 Å². The van der Waals surface area contributed by atoms with Crippen molar-refractivity contribution in [1.29, 1.82) is 0 Å². The van der Waals surface area contributed by atoms with Crippen LogP contribution >= 0.6 is 11.6 Å². The summed E-state index contributed by atoms with van der Waals surface area (Å²) in [6, 6.07) is 5.33. The van der Waals surface area contributed by atoms with E-state index >= 15 is 0 Å². The number of para-hydroxylation sites is 1. The fourth-order valence-electron chi connectivity index (χ4n) is 2.88. The number of anilines is 1. The van der Waals surface area contributed by atoms with Crippen LogP contribution < -0.4 is 10.2 Å². The van der Waals surface area contributed by atoms with E-state index in [1.165, 1.54) is 6.07 Å². The largest absolute Gasteiger partial charge is 0.361 e. The quantitative estimate of drug-likeness (QED) is 0.674. The lowest BCUT2D eigenvalue weighted by Gasteiger charge is -2.47. The SMILES string of the molecule is O=[N+]([O-])c1cccc(Cl)c1N1CC(N2CCNCC2)C1. The molecule has 0 aliphatic carbocycles. The van der Waals surface area contributed by atoms with Crippen molar-refractivity contribution in [2.24, 2.45) is 0 Å². The third-order valence-electron chi connectivity index (χ3n) is 4.01. The Hall–Kier alpha value is -1.37. The van der Waals surface area contributed by atoms with E-state index in [0.717, 1.165) is 39.3 Å². The van der Waals surface area contributed by atoms with Crippen LogP contribution in [0.1, 0.15) is 0 Å². The average molecular weight is 297 g/mol. The van der Waals surface area contributed by atoms with Gasteiger partial charge in [0, 0.05) is 51.4 Å². The number of nitro groups is 1. The van der Waals surface area contributed by atoms with Crippen molar-refractivity contribution in [3.05, 3.63) is 33.3 Å². The van der Waals surface area contributed by atoms with Crippen LogP contribution in [0.15, 0.2) is 18.2 Å². The molecule has 6 nitrogen and oxygen atoms in total. The normalized spacial score (nSPS) is 20.8. The maximum atomic E-state index is 11.1. The fraction of sp³-hybridized carbons (Fsp3) is 0.538. The first-order chi connectivity index (χ1) is 9.66. The van der Waals surface area contributed by atoms with Gasteiger partial charge in [-0.15, -0.1) is 0 Å². The van der Waals surface area contributed by atoms with Crippen molar-refractivity contribution in [2.45, 2.75) is 6.04 Å². The summed E-state index contributed by atoms with van der Waals surface area (Å²) in [5, 5.41) is 14.9. The Bertz CT molecular complexity index is 513. The molecule has 1 N–H and O–H groups in total. The number of benzene rings is 1. The first-order valence-corrected chi connectivity index (χ1v) is 7.17. The molecule has 0 unspecified atom stereocenters. The van der Waals surface area contributed by atoms with Crippen molar-refractivity contribution in [3.8, 4) is 0 Å². The zero-order chi connectivity index (χ0) is 14.1. The van der Waals surface area contributed by atoms with Gasteiger partial charge in [0.05, 0.1) is 9.95 Å². The second-order valence-corrected chi connectivity index (χ2v) is 5.62. The van der Waals surface area contributed by atoms with Crippen LogP contribution in [0, 0.1) is 10.1 Å². The highest BCUT2D eigenvalue weighted by Crippen LogP contribution is 2.38. The summed E-state index contributed by atoms with van der Waals surface area (Å²) in [6.45, 7) is 5.74. The van der Waals surface area contributed by atoms with Crippen LogP contribution in [-0.4, -0.2) is 55.1 Å². The van der Waals surface area contributed by atoms with Gasteiger partial charge in [0.15, 0.2) is 0 Å². The number of hydrogen-bond acceptors (Lipinski definition) is 5. The van der Waals surface area contributed by atoms with Gasteiger partial charge in [-0.3, -0.25) is 15.0 Å². The molecule has 0 aromatic heterocycles. The topological polar surface area (TPSA) is 61.7 Å². The molecular formula is C13H17ClN4O2. The molecule has 0 spiro atoms. The van der Waals surface area contributed by atoms with Gasteiger partial charge in [0.25, 0.3) is 5.69 Å². The Balaban J connectivity index is 1.72. The molecule has 2 aliphatic rings. The summed E-state index contributed by atoms with van der Waals surface area (Å²) in [7, 11) is 0. The van der Waals surface area contributed by atoms with E-state index in [-0.39, 0.29) is 10.6 Å². The number of halogens is 1. The molecule has 0 saturated carbocycles. The molecule has 7 heteroatoms. The highest BCUT2D eigenvalue weighted by Gasteiger charge is 2.36. The molecule has 2 heterocycles. The van der Waals surface area contributed by atoms with Crippen LogP contribution in [0.3, 0.4) is 0 Å². The Morgan fingerprint density at radius 1 is 1.30 bits per heavy atom. The van der Waals surface area contributed by atoms with Crippen molar-refractivity contribution in [3.63, 3.8) is 0 Å². The highest BCUT2D eigenvalue weighted by molar-refractivity contribution is 6.33. The lowest BCUT2D eigenvalue weighted by molar-refractivity contribution is -0.384. The molecule has 0 atom stereocenters. The Labute approximate surface area is 122 Å². The Morgan fingerprint density at radius 3 is 2.65 bits per heavy atom. The standard InChI is InChI=1S/C13H17ClN4O2/c14-11-2-1-3-12(18(19)20)13(11)17-8-10(9-17)16-6-4-15-5-7-16/h1-3,10,15H,4-9H2. The minimum Gasteiger partial charge on any atom is -0.361 e. The molecule has 0 bridgehead atoms. The summed E-state index contributed by atoms with van der Waals surface area (Å²) >= 11 is 6.14. The first kappa shape index (κ1) is 13.6. The first-order valence-electron chi connectivity index (χ1n) is 6.79. The maximum absolute atomic E-state index is 11.1. The van der Waals surface area contributed by atoms with Crippen LogP contribution in [0.2, 0.25) is 5.02 Å². The zero-order valence-electron chi connectivity index (χ0n) is 11.1. The monoisotopic (exact) mass is 296 g/mol. The van der Waals surface area contributed by atoms with Gasteiger partial charge in [0.2, 0.25) is 0 Å². The van der Waals surface area contributed by atoms with Gasteiger partial charge >= 0.3 is 0 Å². The summed E-state index contributed by atoms with van der Waals surface area (Å²) < 4.78 is 0. The predicted molar refractivity (Wildman–Crippen MR) is 78.6 cm³/mol. The van der Waals surface area contributed by atoms with Crippen LogP contribution in [0.25, 0.3) is 0 Å². The van der Waals surface area contributed by atoms with Gasteiger partial charge < -0.3 is 10.2 Å². The number of nitrogens with zero attached hydrogens (tertiary/aromatic N) is 3. The molecule has 2 fully saturated rings. The smallest absolute Gasteiger partial charge is 0.294 e. The molecule has 0 radical (unpaired) electrons. The molecule has 1 aromatic carbocycles. The van der Waals surface area contributed by atoms with Crippen molar-refractivity contribution >= 4 is 23.0 Å². The predicted octanol–water partition coefficient (Wildman–Crippen LogP) is 1.34.